The van der Waals surface area contributed by atoms with Gasteiger partial charge in [0.05, 0.1) is 16.6 Å². The lowest BCUT2D eigenvalue weighted by molar-refractivity contribution is 0.628. The Bertz CT molecular complexity index is 339. The number of hydrogen-bond acceptors (Lipinski definition) is 1. The number of rotatable bonds is 2. The number of alkyl halides is 1. The fourth-order valence-electron chi connectivity index (χ4n) is 0.757. The predicted octanol–water partition coefficient (Wildman–Crippen LogP) is 2.71. The summed E-state index contributed by atoms with van der Waals surface area (Å²) >= 11 is 11.1. The van der Waals surface area contributed by atoms with E-state index in [9.17, 15) is 4.39 Å². The maximum absolute atomic E-state index is 12.6. The number of nitrogens with two attached hydrogens (primary N) is 1. The summed E-state index contributed by atoms with van der Waals surface area (Å²) in [6.07, 6.45) is 0. The molecule has 70 valence electrons. The summed E-state index contributed by atoms with van der Waals surface area (Å²) in [5, 5.41) is 0.216. The quantitative estimate of drug-likeness (QED) is 0.465. The maximum atomic E-state index is 12.6. The van der Waals surface area contributed by atoms with Crippen LogP contribution in [0.25, 0.3) is 0 Å². The van der Waals surface area contributed by atoms with Gasteiger partial charge in [0, 0.05) is 0 Å². The van der Waals surface area contributed by atoms with Crippen LogP contribution in [0.1, 0.15) is 0 Å². The first-order valence-corrected chi connectivity index (χ1v) is 4.39. The number of amidine groups is 1. The average Bonchev–Trinajstić information content (AvgIpc) is 2.09. The molecule has 0 aliphatic rings. The molecular formula is C8H7Cl2FN2. The number of benzene rings is 1. The molecule has 2 N–H and O–H groups in total. The van der Waals surface area contributed by atoms with Gasteiger partial charge < -0.3 is 5.73 Å². The second-order valence-electron chi connectivity index (χ2n) is 2.33. The van der Waals surface area contributed by atoms with Crippen LogP contribution in [-0.2, 0) is 0 Å². The maximum Gasteiger partial charge on any atom is 0.124 e. The highest BCUT2D eigenvalue weighted by Crippen LogP contribution is 2.25. The van der Waals surface area contributed by atoms with Crippen LogP contribution in [0.5, 0.6) is 0 Å². The molecule has 13 heavy (non-hydrogen) atoms. The van der Waals surface area contributed by atoms with Gasteiger partial charge >= 0.3 is 0 Å². The van der Waals surface area contributed by atoms with E-state index in [1.54, 1.807) is 0 Å². The van der Waals surface area contributed by atoms with Crippen LogP contribution >= 0.6 is 23.2 Å². The van der Waals surface area contributed by atoms with E-state index in [-0.39, 0.29) is 16.7 Å². The standard InChI is InChI=1S/C8H7Cl2FN2/c9-4-8(12)13-7-2-1-5(11)3-6(7)10/h1-3H,4H2,(H2,12,13). The minimum Gasteiger partial charge on any atom is -0.386 e. The van der Waals surface area contributed by atoms with Crippen LogP contribution in [0.4, 0.5) is 10.1 Å². The molecular weight excluding hydrogens is 214 g/mol. The molecule has 0 amide bonds. The first-order chi connectivity index (χ1) is 6.13. The highest BCUT2D eigenvalue weighted by atomic mass is 35.5. The van der Waals surface area contributed by atoms with E-state index < -0.39 is 5.82 Å². The first-order valence-electron chi connectivity index (χ1n) is 3.47. The van der Waals surface area contributed by atoms with Crippen molar-refractivity contribution in [3.8, 4) is 0 Å². The Balaban J connectivity index is 3.03. The molecule has 0 aliphatic carbocycles. The molecule has 0 saturated heterocycles. The van der Waals surface area contributed by atoms with Gasteiger partial charge in [-0.25, -0.2) is 9.38 Å². The Labute approximate surface area is 85.2 Å². The Hall–Kier alpha value is -0.800. The molecule has 2 nitrogen and oxygen atoms in total. The van der Waals surface area contributed by atoms with E-state index in [0.717, 1.165) is 0 Å². The lowest BCUT2D eigenvalue weighted by Crippen LogP contribution is -2.12. The normalized spacial score (nSPS) is 11.8. The van der Waals surface area contributed by atoms with Crippen LogP contribution < -0.4 is 5.73 Å². The number of halogens is 3. The van der Waals surface area contributed by atoms with Crippen LogP contribution in [0.2, 0.25) is 5.02 Å². The fourth-order valence-corrected chi connectivity index (χ4v) is 1.03. The van der Waals surface area contributed by atoms with Crippen molar-refractivity contribution in [3.63, 3.8) is 0 Å². The SMILES string of the molecule is NC(CCl)=Nc1ccc(F)cc1Cl. The third-order valence-corrected chi connectivity index (χ3v) is 1.89. The molecule has 0 atom stereocenters. The molecule has 0 spiro atoms. The summed E-state index contributed by atoms with van der Waals surface area (Å²) in [6, 6.07) is 3.87. The summed E-state index contributed by atoms with van der Waals surface area (Å²) in [4.78, 5) is 3.88. The summed E-state index contributed by atoms with van der Waals surface area (Å²) in [5.41, 5.74) is 5.80. The fraction of sp³-hybridized carbons (Fsp3) is 0.125. The summed E-state index contributed by atoms with van der Waals surface area (Å²) in [6.45, 7) is 0. The molecule has 0 bridgehead atoms. The van der Waals surface area contributed by atoms with Crippen molar-refractivity contribution in [1.82, 2.24) is 0 Å². The van der Waals surface area contributed by atoms with Crippen molar-refractivity contribution in [2.45, 2.75) is 0 Å². The first kappa shape index (κ1) is 10.3. The Morgan fingerprint density at radius 2 is 2.23 bits per heavy atom. The molecule has 0 saturated carbocycles. The van der Waals surface area contributed by atoms with E-state index in [1.807, 2.05) is 0 Å². The zero-order valence-corrected chi connectivity index (χ0v) is 8.11. The summed E-state index contributed by atoms with van der Waals surface area (Å²) in [5.74, 6) is -0.0446. The van der Waals surface area contributed by atoms with Crippen LogP contribution in [-0.4, -0.2) is 11.7 Å². The molecule has 0 unspecified atom stereocenters. The average molecular weight is 221 g/mol. The van der Waals surface area contributed by atoms with E-state index in [1.165, 1.54) is 18.2 Å². The number of aliphatic imine (C=N–C) groups is 1. The molecule has 1 aromatic carbocycles. The second kappa shape index (κ2) is 4.44. The Morgan fingerprint density at radius 3 is 2.77 bits per heavy atom. The van der Waals surface area contributed by atoms with Gasteiger partial charge in [0.1, 0.15) is 11.7 Å². The van der Waals surface area contributed by atoms with Gasteiger partial charge in [0.25, 0.3) is 0 Å². The molecule has 0 aliphatic heterocycles. The van der Waals surface area contributed by atoms with Crippen molar-refractivity contribution in [1.29, 1.82) is 0 Å². The zero-order chi connectivity index (χ0) is 9.84. The van der Waals surface area contributed by atoms with Gasteiger partial charge in [0.15, 0.2) is 0 Å². The van der Waals surface area contributed by atoms with Crippen LogP contribution in [0.3, 0.4) is 0 Å². The molecule has 5 heteroatoms. The van der Waals surface area contributed by atoms with E-state index in [2.05, 4.69) is 4.99 Å². The minimum atomic E-state index is -0.409. The minimum absolute atomic E-state index is 0.119. The highest BCUT2D eigenvalue weighted by molar-refractivity contribution is 6.33. The van der Waals surface area contributed by atoms with Crippen LogP contribution in [0.15, 0.2) is 23.2 Å². The van der Waals surface area contributed by atoms with Crippen molar-refractivity contribution in [3.05, 3.63) is 29.0 Å². The lowest BCUT2D eigenvalue weighted by Gasteiger charge is -1.99. The van der Waals surface area contributed by atoms with E-state index in [4.69, 9.17) is 28.9 Å². The molecule has 0 aromatic heterocycles. The van der Waals surface area contributed by atoms with E-state index in [0.29, 0.717) is 5.69 Å². The van der Waals surface area contributed by atoms with Crippen molar-refractivity contribution in [2.75, 3.05) is 5.88 Å². The second-order valence-corrected chi connectivity index (χ2v) is 3.01. The van der Waals surface area contributed by atoms with Gasteiger partial charge in [-0.3, -0.25) is 0 Å². The third-order valence-electron chi connectivity index (χ3n) is 1.31. The van der Waals surface area contributed by atoms with Gasteiger partial charge in [0.2, 0.25) is 0 Å². The number of hydrogen-bond donors (Lipinski definition) is 1. The Morgan fingerprint density at radius 1 is 1.54 bits per heavy atom. The molecule has 1 rings (SSSR count). The van der Waals surface area contributed by atoms with Gasteiger partial charge in [-0.2, -0.15) is 0 Å². The Kier molecular flexibility index (Phi) is 3.51. The monoisotopic (exact) mass is 220 g/mol. The summed E-state index contributed by atoms with van der Waals surface area (Å²) in [7, 11) is 0. The van der Waals surface area contributed by atoms with Crippen molar-refractivity contribution >= 4 is 34.7 Å². The number of nitrogens with zero attached hydrogens (tertiary/aromatic N) is 1. The zero-order valence-electron chi connectivity index (χ0n) is 6.60. The van der Waals surface area contributed by atoms with E-state index >= 15 is 0 Å². The van der Waals surface area contributed by atoms with Crippen molar-refractivity contribution < 1.29 is 4.39 Å². The largest absolute Gasteiger partial charge is 0.386 e. The lowest BCUT2D eigenvalue weighted by atomic mass is 10.3. The molecule has 1 aromatic rings. The van der Waals surface area contributed by atoms with Crippen molar-refractivity contribution in [2.24, 2.45) is 10.7 Å². The smallest absolute Gasteiger partial charge is 0.124 e. The predicted molar refractivity (Wildman–Crippen MR) is 53.4 cm³/mol. The molecule has 0 radical (unpaired) electrons. The van der Waals surface area contributed by atoms with Gasteiger partial charge in [-0.1, -0.05) is 11.6 Å². The topological polar surface area (TPSA) is 38.4 Å². The summed E-state index contributed by atoms with van der Waals surface area (Å²) < 4.78 is 12.6. The third kappa shape index (κ3) is 2.86. The van der Waals surface area contributed by atoms with Gasteiger partial charge in [-0.05, 0) is 18.2 Å². The highest BCUT2D eigenvalue weighted by Gasteiger charge is 2.00. The molecule has 0 fully saturated rings. The van der Waals surface area contributed by atoms with Gasteiger partial charge in [-0.15, -0.1) is 11.6 Å². The molecule has 0 heterocycles. The van der Waals surface area contributed by atoms with Crippen LogP contribution in [0, 0.1) is 5.82 Å².